The summed E-state index contributed by atoms with van der Waals surface area (Å²) in [6, 6.07) is 5.64. The molecular formula is C24H30N2O4S. The van der Waals surface area contributed by atoms with Gasteiger partial charge in [-0.15, -0.1) is 11.3 Å². The quantitative estimate of drug-likeness (QED) is 0.548. The SMILES string of the molecule is CCOc1cc(C(=O)Nc2sc3c(c2C#N)CCC(CC)C3)cc(OCC)c1OCC. The Hall–Kier alpha value is -2.72. The first-order valence-electron chi connectivity index (χ1n) is 11.0. The van der Waals surface area contributed by atoms with Crippen LogP contribution < -0.4 is 19.5 Å². The summed E-state index contributed by atoms with van der Waals surface area (Å²) in [6.45, 7) is 9.17. The second kappa shape index (κ2) is 10.5. The van der Waals surface area contributed by atoms with Crippen LogP contribution in [-0.4, -0.2) is 25.7 Å². The Morgan fingerprint density at radius 1 is 1.13 bits per heavy atom. The van der Waals surface area contributed by atoms with E-state index in [1.165, 1.54) is 16.2 Å². The van der Waals surface area contributed by atoms with Crippen molar-refractivity contribution in [3.63, 3.8) is 0 Å². The number of carbonyl (C=O) groups is 1. The number of fused-ring (bicyclic) bond motifs is 1. The number of carbonyl (C=O) groups excluding carboxylic acids is 1. The summed E-state index contributed by atoms with van der Waals surface area (Å²) < 4.78 is 17.2. The minimum absolute atomic E-state index is 0.299. The van der Waals surface area contributed by atoms with E-state index in [0.29, 0.717) is 59.1 Å². The number of rotatable bonds is 9. The van der Waals surface area contributed by atoms with Gasteiger partial charge in [-0.25, -0.2) is 0 Å². The molecule has 0 radical (unpaired) electrons. The summed E-state index contributed by atoms with van der Waals surface area (Å²) in [4.78, 5) is 14.4. The third-order valence-corrected chi connectivity index (χ3v) is 6.62. The Morgan fingerprint density at radius 3 is 2.32 bits per heavy atom. The highest BCUT2D eigenvalue weighted by atomic mass is 32.1. The van der Waals surface area contributed by atoms with Crippen molar-refractivity contribution in [1.29, 1.82) is 5.26 Å². The van der Waals surface area contributed by atoms with E-state index >= 15 is 0 Å². The molecule has 0 saturated heterocycles. The number of nitriles is 1. The molecule has 1 heterocycles. The van der Waals surface area contributed by atoms with E-state index in [-0.39, 0.29) is 5.91 Å². The van der Waals surface area contributed by atoms with E-state index in [0.717, 1.165) is 31.2 Å². The first-order valence-corrected chi connectivity index (χ1v) is 11.8. The zero-order valence-corrected chi connectivity index (χ0v) is 19.5. The molecule has 1 unspecified atom stereocenters. The third kappa shape index (κ3) is 4.96. The molecule has 1 amide bonds. The summed E-state index contributed by atoms with van der Waals surface area (Å²) in [5, 5.41) is 13.3. The Morgan fingerprint density at radius 2 is 1.77 bits per heavy atom. The predicted octanol–water partition coefficient (Wildman–Crippen LogP) is 5.58. The Bertz CT molecular complexity index is 950. The lowest BCUT2D eigenvalue weighted by molar-refractivity contribution is 0.102. The average Bonchev–Trinajstić information content (AvgIpc) is 3.11. The molecule has 1 atom stereocenters. The van der Waals surface area contributed by atoms with Crippen LogP contribution in [-0.2, 0) is 12.8 Å². The normalized spacial score (nSPS) is 15.0. The number of benzene rings is 1. The van der Waals surface area contributed by atoms with Crippen molar-refractivity contribution >= 4 is 22.2 Å². The molecule has 1 aromatic carbocycles. The highest BCUT2D eigenvalue weighted by Crippen LogP contribution is 2.42. The van der Waals surface area contributed by atoms with Crippen molar-refractivity contribution in [3.05, 3.63) is 33.7 Å². The maximum absolute atomic E-state index is 13.1. The highest BCUT2D eigenvalue weighted by molar-refractivity contribution is 7.16. The molecule has 166 valence electrons. The molecule has 31 heavy (non-hydrogen) atoms. The molecule has 1 N–H and O–H groups in total. The number of nitrogens with zero attached hydrogens (tertiary/aromatic N) is 1. The van der Waals surface area contributed by atoms with E-state index in [9.17, 15) is 10.1 Å². The van der Waals surface area contributed by atoms with Crippen LogP contribution in [0.15, 0.2) is 12.1 Å². The summed E-state index contributed by atoms with van der Waals surface area (Å²) >= 11 is 1.53. The number of thiophene rings is 1. The van der Waals surface area contributed by atoms with E-state index < -0.39 is 0 Å². The fraction of sp³-hybridized carbons (Fsp3) is 0.500. The monoisotopic (exact) mass is 442 g/mol. The third-order valence-electron chi connectivity index (χ3n) is 5.45. The minimum atomic E-state index is -0.299. The molecule has 0 bridgehead atoms. The molecule has 0 saturated carbocycles. The van der Waals surface area contributed by atoms with Crippen LogP contribution in [0.3, 0.4) is 0 Å². The highest BCUT2D eigenvalue weighted by Gasteiger charge is 2.26. The predicted molar refractivity (Wildman–Crippen MR) is 123 cm³/mol. The van der Waals surface area contributed by atoms with Crippen LogP contribution in [0.5, 0.6) is 17.2 Å². The molecule has 0 fully saturated rings. The van der Waals surface area contributed by atoms with Crippen molar-refractivity contribution in [2.45, 2.75) is 53.4 Å². The zero-order valence-electron chi connectivity index (χ0n) is 18.7. The fourth-order valence-electron chi connectivity index (χ4n) is 3.90. The van der Waals surface area contributed by atoms with Crippen LogP contribution >= 0.6 is 11.3 Å². The Kier molecular flexibility index (Phi) is 7.80. The van der Waals surface area contributed by atoms with Crippen molar-refractivity contribution in [3.8, 4) is 23.3 Å². The van der Waals surface area contributed by atoms with Gasteiger partial charge in [0.2, 0.25) is 5.75 Å². The number of hydrogen-bond acceptors (Lipinski definition) is 6. The zero-order chi connectivity index (χ0) is 22.4. The average molecular weight is 443 g/mol. The molecule has 3 rings (SSSR count). The lowest BCUT2D eigenvalue weighted by Crippen LogP contribution is -2.14. The number of hydrogen-bond donors (Lipinski definition) is 1. The van der Waals surface area contributed by atoms with Gasteiger partial charge in [0.1, 0.15) is 11.1 Å². The maximum Gasteiger partial charge on any atom is 0.256 e. The van der Waals surface area contributed by atoms with Gasteiger partial charge < -0.3 is 19.5 Å². The number of ether oxygens (including phenoxy) is 3. The molecular weight excluding hydrogens is 412 g/mol. The lowest BCUT2D eigenvalue weighted by atomic mass is 9.86. The number of amides is 1. The van der Waals surface area contributed by atoms with Gasteiger partial charge in [-0.05, 0) is 63.6 Å². The van der Waals surface area contributed by atoms with Crippen LogP contribution in [0.1, 0.15) is 66.9 Å². The van der Waals surface area contributed by atoms with Gasteiger partial charge >= 0.3 is 0 Å². The van der Waals surface area contributed by atoms with E-state index in [1.54, 1.807) is 12.1 Å². The molecule has 1 aliphatic carbocycles. The van der Waals surface area contributed by atoms with Crippen LogP contribution in [0.4, 0.5) is 5.00 Å². The van der Waals surface area contributed by atoms with Crippen LogP contribution in [0.25, 0.3) is 0 Å². The van der Waals surface area contributed by atoms with E-state index in [4.69, 9.17) is 14.2 Å². The maximum atomic E-state index is 13.1. The summed E-state index contributed by atoms with van der Waals surface area (Å²) in [6.07, 6.45) is 4.10. The molecule has 0 spiro atoms. The van der Waals surface area contributed by atoms with Gasteiger partial charge in [-0.3, -0.25) is 4.79 Å². The fourth-order valence-corrected chi connectivity index (χ4v) is 5.21. The molecule has 2 aromatic rings. The van der Waals surface area contributed by atoms with Gasteiger partial charge in [0.25, 0.3) is 5.91 Å². The molecule has 1 aliphatic rings. The van der Waals surface area contributed by atoms with Gasteiger partial charge in [0.05, 0.1) is 25.4 Å². The first kappa shape index (κ1) is 23.0. The number of nitrogens with one attached hydrogen (secondary N) is 1. The topological polar surface area (TPSA) is 80.6 Å². The van der Waals surface area contributed by atoms with Crippen molar-refractivity contribution in [2.24, 2.45) is 5.92 Å². The number of anilines is 1. The smallest absolute Gasteiger partial charge is 0.256 e. The first-order chi connectivity index (χ1) is 15.1. The standard InChI is InChI=1S/C24H30N2O4S/c1-5-15-9-10-17-18(14-25)24(31-21(17)11-15)26-23(27)16-12-19(28-6-2)22(30-8-4)20(13-16)29-7-3/h12-13,15H,5-11H2,1-4H3,(H,26,27). The lowest BCUT2D eigenvalue weighted by Gasteiger charge is -2.20. The van der Waals surface area contributed by atoms with E-state index in [1.807, 2.05) is 20.8 Å². The van der Waals surface area contributed by atoms with Gasteiger partial charge in [0.15, 0.2) is 11.5 Å². The van der Waals surface area contributed by atoms with Gasteiger partial charge in [-0.2, -0.15) is 5.26 Å². The summed E-state index contributed by atoms with van der Waals surface area (Å²) in [7, 11) is 0. The largest absolute Gasteiger partial charge is 0.490 e. The van der Waals surface area contributed by atoms with E-state index in [2.05, 4.69) is 18.3 Å². The Balaban J connectivity index is 1.93. The van der Waals surface area contributed by atoms with Gasteiger partial charge in [-0.1, -0.05) is 13.3 Å². The van der Waals surface area contributed by atoms with Crippen molar-refractivity contribution in [1.82, 2.24) is 0 Å². The summed E-state index contributed by atoms with van der Waals surface area (Å²) in [5.41, 5.74) is 2.10. The van der Waals surface area contributed by atoms with Gasteiger partial charge in [0, 0.05) is 10.4 Å². The molecule has 6 nitrogen and oxygen atoms in total. The van der Waals surface area contributed by atoms with Crippen molar-refractivity contribution in [2.75, 3.05) is 25.1 Å². The molecule has 1 aromatic heterocycles. The van der Waals surface area contributed by atoms with Crippen LogP contribution in [0.2, 0.25) is 0 Å². The van der Waals surface area contributed by atoms with Crippen LogP contribution in [0, 0.1) is 17.2 Å². The molecule has 0 aliphatic heterocycles. The Labute approximate surface area is 188 Å². The minimum Gasteiger partial charge on any atom is -0.490 e. The summed E-state index contributed by atoms with van der Waals surface area (Å²) in [5.74, 6) is 1.79. The second-order valence-electron chi connectivity index (χ2n) is 7.39. The molecule has 7 heteroatoms. The second-order valence-corrected chi connectivity index (χ2v) is 8.50. The van der Waals surface area contributed by atoms with Crippen molar-refractivity contribution < 1.29 is 19.0 Å².